The van der Waals surface area contributed by atoms with Crippen molar-refractivity contribution in [1.82, 2.24) is 19.6 Å². The largest absolute Gasteiger partial charge is 0.491 e. The fourth-order valence-electron chi connectivity index (χ4n) is 2.64. The van der Waals surface area contributed by atoms with E-state index >= 15 is 0 Å². The van der Waals surface area contributed by atoms with Crippen molar-refractivity contribution >= 4 is 28.7 Å². The highest BCUT2D eigenvalue weighted by atomic mass is 32.2. The van der Waals surface area contributed by atoms with Crippen molar-refractivity contribution < 1.29 is 9.47 Å². The third-order valence-corrected chi connectivity index (χ3v) is 5.81. The van der Waals surface area contributed by atoms with Gasteiger partial charge in [0.1, 0.15) is 12.4 Å². The fourth-order valence-corrected chi connectivity index (χ4v) is 4.10. The first-order chi connectivity index (χ1) is 14.2. The average molecular weight is 429 g/mol. The van der Waals surface area contributed by atoms with Gasteiger partial charge in [-0.25, -0.2) is 14.5 Å². The molecule has 0 aliphatic rings. The molecule has 0 aliphatic carbocycles. The van der Waals surface area contributed by atoms with E-state index in [1.807, 2.05) is 48.7 Å². The molecule has 0 bridgehead atoms. The second kappa shape index (κ2) is 9.25. The van der Waals surface area contributed by atoms with E-state index in [0.717, 1.165) is 10.6 Å². The van der Waals surface area contributed by atoms with E-state index in [2.05, 4.69) is 15.1 Å². The lowest BCUT2D eigenvalue weighted by atomic mass is 10.2. The Morgan fingerprint density at radius 1 is 1.14 bits per heavy atom. The highest BCUT2D eigenvalue weighted by molar-refractivity contribution is 7.99. The number of ether oxygens (including phenoxy) is 2. The topological polar surface area (TPSA) is 81.5 Å². The number of aromatic nitrogens is 4. The summed E-state index contributed by atoms with van der Waals surface area (Å²) in [6.07, 6.45) is 0. The quantitative estimate of drug-likeness (QED) is 0.324. The molecule has 3 heterocycles. The number of aromatic amines is 1. The molecule has 0 fully saturated rings. The lowest BCUT2D eigenvalue weighted by Gasteiger charge is -2.08. The van der Waals surface area contributed by atoms with Gasteiger partial charge in [-0.2, -0.15) is 0 Å². The van der Waals surface area contributed by atoms with Crippen molar-refractivity contribution in [2.24, 2.45) is 0 Å². The predicted octanol–water partition coefficient (Wildman–Crippen LogP) is 3.64. The summed E-state index contributed by atoms with van der Waals surface area (Å²) in [5.74, 6) is 2.16. The second-order valence-corrected chi connectivity index (χ2v) is 8.25. The van der Waals surface area contributed by atoms with Crippen molar-refractivity contribution in [3.8, 4) is 16.5 Å². The van der Waals surface area contributed by atoms with E-state index in [9.17, 15) is 4.79 Å². The first-order valence-corrected chi connectivity index (χ1v) is 11.0. The minimum Gasteiger partial charge on any atom is -0.491 e. The molecule has 1 aromatic carbocycles. The Morgan fingerprint density at radius 3 is 2.79 bits per heavy atom. The van der Waals surface area contributed by atoms with Crippen LogP contribution in [0.25, 0.3) is 16.3 Å². The zero-order valence-corrected chi connectivity index (χ0v) is 17.5. The Balaban J connectivity index is 1.30. The molecule has 0 amide bonds. The van der Waals surface area contributed by atoms with Crippen LogP contribution in [0.15, 0.2) is 57.8 Å². The summed E-state index contributed by atoms with van der Waals surface area (Å²) >= 11 is 3.08. The van der Waals surface area contributed by atoms with E-state index in [1.54, 1.807) is 15.9 Å². The fraction of sp³-hybridized carbons (Fsp3) is 0.250. The van der Waals surface area contributed by atoms with Gasteiger partial charge in [-0.1, -0.05) is 35.5 Å². The summed E-state index contributed by atoms with van der Waals surface area (Å²) in [6, 6.07) is 13.3. The zero-order chi connectivity index (χ0) is 20.1. The minimum absolute atomic E-state index is 0.200. The Morgan fingerprint density at radius 2 is 2.00 bits per heavy atom. The maximum Gasteiger partial charge on any atom is 0.266 e. The van der Waals surface area contributed by atoms with Gasteiger partial charge in [0.2, 0.25) is 0 Å². The molecule has 4 rings (SSSR count). The Bertz CT molecular complexity index is 1120. The van der Waals surface area contributed by atoms with Gasteiger partial charge in [-0.15, -0.1) is 11.3 Å². The first kappa shape index (κ1) is 19.7. The minimum atomic E-state index is -0.200. The normalized spacial score (nSPS) is 11.2. The number of benzene rings is 1. The Kier molecular flexibility index (Phi) is 6.28. The second-order valence-electron chi connectivity index (χ2n) is 6.24. The molecular weight excluding hydrogens is 408 g/mol. The molecule has 0 atom stereocenters. The molecule has 0 unspecified atom stereocenters. The molecule has 0 spiro atoms. The van der Waals surface area contributed by atoms with Gasteiger partial charge >= 0.3 is 0 Å². The third-order valence-electron chi connectivity index (χ3n) is 4.04. The van der Waals surface area contributed by atoms with Gasteiger partial charge in [0.05, 0.1) is 18.1 Å². The number of nitrogens with one attached hydrogen (secondary N) is 1. The molecule has 3 aromatic heterocycles. The number of thiophene rings is 1. The summed E-state index contributed by atoms with van der Waals surface area (Å²) in [6.45, 7) is 3.60. The van der Waals surface area contributed by atoms with Crippen LogP contribution in [0.4, 0.5) is 0 Å². The zero-order valence-electron chi connectivity index (χ0n) is 15.8. The van der Waals surface area contributed by atoms with Crippen molar-refractivity contribution in [2.45, 2.75) is 12.1 Å². The van der Waals surface area contributed by atoms with E-state index in [0.29, 0.717) is 42.2 Å². The lowest BCUT2D eigenvalue weighted by molar-refractivity contribution is 0.112. The summed E-state index contributed by atoms with van der Waals surface area (Å²) < 4.78 is 12.9. The maximum absolute atomic E-state index is 11.7. The van der Waals surface area contributed by atoms with Crippen LogP contribution in [0.3, 0.4) is 0 Å². The van der Waals surface area contributed by atoms with Crippen LogP contribution in [0.1, 0.15) is 5.56 Å². The molecule has 0 saturated carbocycles. The molecule has 150 valence electrons. The van der Waals surface area contributed by atoms with Gasteiger partial charge in [0.15, 0.2) is 16.6 Å². The van der Waals surface area contributed by atoms with Gasteiger partial charge in [0.25, 0.3) is 5.56 Å². The van der Waals surface area contributed by atoms with E-state index < -0.39 is 0 Å². The number of thioether (sulfide) groups is 1. The van der Waals surface area contributed by atoms with Crippen molar-refractivity contribution in [2.75, 3.05) is 25.6 Å². The van der Waals surface area contributed by atoms with E-state index in [4.69, 9.17) is 9.47 Å². The summed E-state index contributed by atoms with van der Waals surface area (Å²) in [5.41, 5.74) is 1.56. The van der Waals surface area contributed by atoms with Gasteiger partial charge in [-0.3, -0.25) is 9.89 Å². The van der Waals surface area contributed by atoms with Crippen molar-refractivity contribution in [3.63, 3.8) is 0 Å². The highest BCUT2D eigenvalue weighted by Gasteiger charge is 2.12. The molecule has 4 aromatic rings. The number of H-pyrrole nitrogens is 1. The van der Waals surface area contributed by atoms with Crippen LogP contribution in [0, 0.1) is 6.92 Å². The van der Waals surface area contributed by atoms with Crippen LogP contribution < -0.4 is 10.3 Å². The SMILES string of the molecule is Cc1ccc(OCCOCCSc2nc(-c3cccs3)nc3cc(=O)[nH]n23)cc1. The summed E-state index contributed by atoms with van der Waals surface area (Å²) in [7, 11) is 0. The molecular formula is C20H20N4O3S2. The molecule has 7 nitrogen and oxygen atoms in total. The van der Waals surface area contributed by atoms with Crippen LogP contribution in [0.2, 0.25) is 0 Å². The van der Waals surface area contributed by atoms with Gasteiger partial charge in [0, 0.05) is 11.8 Å². The number of rotatable bonds is 9. The monoisotopic (exact) mass is 428 g/mol. The van der Waals surface area contributed by atoms with Gasteiger partial charge < -0.3 is 9.47 Å². The molecule has 0 saturated heterocycles. The van der Waals surface area contributed by atoms with Crippen LogP contribution in [0.5, 0.6) is 5.75 Å². The number of hydrogen-bond acceptors (Lipinski definition) is 7. The number of nitrogens with zero attached hydrogens (tertiary/aromatic N) is 3. The molecule has 1 N–H and O–H groups in total. The smallest absolute Gasteiger partial charge is 0.266 e. The predicted molar refractivity (Wildman–Crippen MR) is 115 cm³/mol. The van der Waals surface area contributed by atoms with Gasteiger partial charge in [-0.05, 0) is 30.5 Å². The number of aryl methyl sites for hydroxylation is 1. The van der Waals surface area contributed by atoms with Crippen molar-refractivity contribution in [3.05, 3.63) is 63.8 Å². The Labute approximate surface area is 175 Å². The molecule has 0 radical (unpaired) electrons. The van der Waals surface area contributed by atoms with Crippen LogP contribution >= 0.6 is 23.1 Å². The molecule has 29 heavy (non-hydrogen) atoms. The first-order valence-electron chi connectivity index (χ1n) is 9.13. The molecule has 0 aliphatic heterocycles. The summed E-state index contributed by atoms with van der Waals surface area (Å²) in [5, 5.41) is 5.40. The summed E-state index contributed by atoms with van der Waals surface area (Å²) in [4.78, 5) is 21.8. The number of hydrogen-bond donors (Lipinski definition) is 1. The van der Waals surface area contributed by atoms with Crippen LogP contribution in [-0.2, 0) is 4.74 Å². The van der Waals surface area contributed by atoms with E-state index in [1.165, 1.54) is 23.4 Å². The Hall–Kier alpha value is -2.62. The average Bonchev–Trinajstić information content (AvgIpc) is 3.37. The highest BCUT2D eigenvalue weighted by Crippen LogP contribution is 2.24. The van der Waals surface area contributed by atoms with Crippen LogP contribution in [-0.4, -0.2) is 45.2 Å². The molecule has 9 heteroatoms. The van der Waals surface area contributed by atoms with E-state index in [-0.39, 0.29) is 5.56 Å². The number of fused-ring (bicyclic) bond motifs is 1. The third kappa shape index (κ3) is 5.06. The van der Waals surface area contributed by atoms with Crippen molar-refractivity contribution in [1.29, 1.82) is 0 Å². The lowest BCUT2D eigenvalue weighted by Crippen LogP contribution is -2.09. The standard InChI is InChI=1S/C20H20N4O3S2/c1-14-4-6-15(7-5-14)27-9-8-26-10-12-29-20-22-19(16-3-2-11-28-16)21-17-13-18(25)23-24(17)20/h2-7,11,13H,8-10,12H2,1H3,(H,23,25). The maximum atomic E-state index is 11.7.